The zero-order valence-corrected chi connectivity index (χ0v) is 19.2. The number of carbonyl (C=O) groups is 2. The number of carbonyl (C=O) groups excluding carboxylic acids is 2. The smallest absolute Gasteiger partial charge is 0.257 e. The average molecular weight is 466 g/mol. The van der Waals surface area contributed by atoms with E-state index >= 15 is 0 Å². The third-order valence-electron chi connectivity index (χ3n) is 5.61. The second kappa shape index (κ2) is 10.9. The number of benzene rings is 1. The zero-order valence-electron chi connectivity index (χ0n) is 19.2. The second-order valence-electron chi connectivity index (χ2n) is 7.91. The van der Waals surface area contributed by atoms with E-state index in [4.69, 9.17) is 14.0 Å². The van der Waals surface area contributed by atoms with E-state index in [0.29, 0.717) is 54.2 Å². The lowest BCUT2D eigenvalue weighted by atomic mass is 9.97. The van der Waals surface area contributed by atoms with E-state index in [0.717, 1.165) is 12.8 Å². The van der Waals surface area contributed by atoms with Crippen molar-refractivity contribution >= 4 is 11.8 Å². The van der Waals surface area contributed by atoms with Crippen LogP contribution in [0.1, 0.15) is 41.9 Å². The third-order valence-corrected chi connectivity index (χ3v) is 5.61. The van der Waals surface area contributed by atoms with Gasteiger partial charge in [-0.2, -0.15) is 4.98 Å². The number of ether oxygens (including phenoxy) is 2. The van der Waals surface area contributed by atoms with Crippen molar-refractivity contribution in [3.63, 3.8) is 0 Å². The van der Waals surface area contributed by atoms with E-state index in [2.05, 4.69) is 20.4 Å². The minimum Gasteiger partial charge on any atom is -0.491 e. The van der Waals surface area contributed by atoms with E-state index in [9.17, 15) is 9.59 Å². The number of nitrogens with zero attached hydrogens (tertiary/aromatic N) is 4. The maximum atomic E-state index is 12.3. The Morgan fingerprint density at radius 2 is 1.97 bits per heavy atom. The van der Waals surface area contributed by atoms with Crippen LogP contribution in [0.25, 0.3) is 11.4 Å². The van der Waals surface area contributed by atoms with Crippen LogP contribution in [0.3, 0.4) is 0 Å². The quantitative estimate of drug-likeness (QED) is 0.535. The van der Waals surface area contributed by atoms with E-state index in [1.807, 2.05) is 17.9 Å². The van der Waals surface area contributed by atoms with Crippen LogP contribution in [0.5, 0.6) is 11.6 Å². The number of nitrogens with one attached hydrogen (secondary N) is 1. The van der Waals surface area contributed by atoms with Crippen molar-refractivity contribution in [1.29, 1.82) is 0 Å². The van der Waals surface area contributed by atoms with Crippen LogP contribution >= 0.6 is 0 Å². The Labute approximate surface area is 197 Å². The van der Waals surface area contributed by atoms with Crippen LogP contribution < -0.4 is 14.8 Å². The summed E-state index contributed by atoms with van der Waals surface area (Å²) in [6.07, 6.45) is 3.17. The van der Waals surface area contributed by atoms with Gasteiger partial charge in [-0.25, -0.2) is 4.98 Å². The lowest BCUT2D eigenvalue weighted by Gasteiger charge is -2.29. The maximum Gasteiger partial charge on any atom is 0.257 e. The molecule has 1 N–H and O–H groups in total. The zero-order chi connectivity index (χ0) is 23.9. The topological polar surface area (TPSA) is 120 Å². The van der Waals surface area contributed by atoms with Gasteiger partial charge in [0.15, 0.2) is 5.75 Å². The van der Waals surface area contributed by atoms with E-state index in [1.54, 1.807) is 43.6 Å². The number of imide groups is 1. The molecule has 1 aromatic carbocycles. The molecule has 0 atom stereocenters. The molecule has 0 saturated carbocycles. The second-order valence-corrected chi connectivity index (χ2v) is 7.91. The summed E-state index contributed by atoms with van der Waals surface area (Å²) in [5.74, 6) is 1.31. The Hall–Kier alpha value is -3.79. The van der Waals surface area contributed by atoms with Gasteiger partial charge in [0.25, 0.3) is 11.8 Å². The van der Waals surface area contributed by atoms with E-state index < -0.39 is 0 Å². The highest BCUT2D eigenvalue weighted by atomic mass is 16.5. The molecule has 1 aliphatic heterocycles. The van der Waals surface area contributed by atoms with Gasteiger partial charge in [-0.3, -0.25) is 19.8 Å². The molecule has 1 aliphatic rings. The summed E-state index contributed by atoms with van der Waals surface area (Å²) in [5.41, 5.74) is 1.13. The van der Waals surface area contributed by atoms with Crippen molar-refractivity contribution in [1.82, 2.24) is 25.3 Å². The summed E-state index contributed by atoms with van der Waals surface area (Å²) in [5, 5.41) is 6.55. The Bertz CT molecular complexity index is 1130. The number of aromatic nitrogens is 3. The van der Waals surface area contributed by atoms with Crippen molar-refractivity contribution in [3.8, 4) is 23.0 Å². The SMILES string of the molecule is CCOc1ncc(-c2noc(C3CCN(CC(=O)NC(=O)c4ccccc4)CC3)n2)cc1OC. The molecule has 10 nitrogen and oxygen atoms in total. The monoisotopic (exact) mass is 465 g/mol. The van der Waals surface area contributed by atoms with Gasteiger partial charge in [0.2, 0.25) is 17.6 Å². The molecule has 178 valence electrons. The number of piperidine rings is 1. The highest BCUT2D eigenvalue weighted by Crippen LogP contribution is 2.31. The summed E-state index contributed by atoms with van der Waals surface area (Å²) in [6, 6.07) is 10.5. The van der Waals surface area contributed by atoms with E-state index in [-0.39, 0.29) is 24.3 Å². The number of hydrogen-bond acceptors (Lipinski definition) is 9. The Kier molecular flexibility index (Phi) is 7.48. The molecule has 0 aliphatic carbocycles. The van der Waals surface area contributed by atoms with Gasteiger partial charge in [-0.1, -0.05) is 23.4 Å². The first-order chi connectivity index (χ1) is 16.6. The standard InChI is InChI=1S/C24H27N5O5/c1-3-33-24-19(32-2)13-18(14-25-24)21-27-23(34-28-21)17-9-11-29(12-10-17)15-20(30)26-22(31)16-7-5-4-6-8-16/h4-8,13-14,17H,3,9-12,15H2,1-2H3,(H,26,30,31). The molecule has 0 bridgehead atoms. The van der Waals surface area contributed by atoms with Crippen LogP contribution in [-0.4, -0.2) is 65.2 Å². The molecule has 1 fully saturated rings. The van der Waals surface area contributed by atoms with Crippen molar-refractivity contribution in [3.05, 3.63) is 54.0 Å². The van der Waals surface area contributed by atoms with Crippen molar-refractivity contribution in [2.75, 3.05) is 33.4 Å². The van der Waals surface area contributed by atoms with Crippen molar-refractivity contribution < 1.29 is 23.6 Å². The molecular formula is C24H27N5O5. The lowest BCUT2D eigenvalue weighted by Crippen LogP contribution is -2.43. The molecular weight excluding hydrogens is 438 g/mol. The van der Waals surface area contributed by atoms with Crippen LogP contribution in [0.2, 0.25) is 0 Å². The molecule has 1 saturated heterocycles. The van der Waals surface area contributed by atoms with Crippen LogP contribution in [0.4, 0.5) is 0 Å². The van der Waals surface area contributed by atoms with Gasteiger partial charge < -0.3 is 14.0 Å². The van der Waals surface area contributed by atoms with Gasteiger partial charge in [0, 0.05) is 23.2 Å². The summed E-state index contributed by atoms with van der Waals surface area (Å²) in [4.78, 5) is 35.3. The van der Waals surface area contributed by atoms with Crippen LogP contribution in [0.15, 0.2) is 47.1 Å². The Balaban J connectivity index is 1.30. The largest absolute Gasteiger partial charge is 0.491 e. The third kappa shape index (κ3) is 5.57. The fourth-order valence-corrected chi connectivity index (χ4v) is 3.83. The first-order valence-electron chi connectivity index (χ1n) is 11.2. The van der Waals surface area contributed by atoms with E-state index in [1.165, 1.54) is 0 Å². The van der Waals surface area contributed by atoms with Gasteiger partial charge in [0.05, 0.1) is 20.3 Å². The number of hydrogen-bond donors (Lipinski definition) is 1. The molecule has 4 rings (SSSR count). The molecule has 0 spiro atoms. The number of pyridine rings is 1. The van der Waals surface area contributed by atoms with Gasteiger partial charge in [-0.05, 0) is 51.1 Å². The normalized spacial score (nSPS) is 14.5. The van der Waals surface area contributed by atoms with Crippen molar-refractivity contribution in [2.45, 2.75) is 25.7 Å². The van der Waals surface area contributed by atoms with Crippen molar-refractivity contribution in [2.24, 2.45) is 0 Å². The minimum atomic E-state index is -0.390. The Morgan fingerprint density at radius 3 is 2.68 bits per heavy atom. The molecule has 3 aromatic rings. The molecule has 10 heteroatoms. The fraction of sp³-hybridized carbons (Fsp3) is 0.375. The predicted molar refractivity (Wildman–Crippen MR) is 123 cm³/mol. The predicted octanol–water partition coefficient (Wildman–Crippen LogP) is 2.67. The van der Waals surface area contributed by atoms with Gasteiger partial charge in [-0.15, -0.1) is 0 Å². The number of likely N-dealkylation sites (tertiary alicyclic amines) is 1. The number of amides is 2. The average Bonchev–Trinajstić information content (AvgIpc) is 3.36. The molecule has 2 aromatic heterocycles. The molecule has 34 heavy (non-hydrogen) atoms. The Morgan fingerprint density at radius 1 is 1.21 bits per heavy atom. The maximum absolute atomic E-state index is 12.3. The van der Waals surface area contributed by atoms with Crippen LogP contribution in [-0.2, 0) is 4.79 Å². The first-order valence-corrected chi connectivity index (χ1v) is 11.2. The molecule has 0 unspecified atom stereocenters. The molecule has 0 radical (unpaired) electrons. The highest BCUT2D eigenvalue weighted by molar-refractivity contribution is 6.05. The van der Waals surface area contributed by atoms with Crippen LogP contribution in [0, 0.1) is 0 Å². The lowest BCUT2D eigenvalue weighted by molar-refractivity contribution is -0.121. The summed E-state index contributed by atoms with van der Waals surface area (Å²) in [7, 11) is 1.55. The van der Waals surface area contributed by atoms with Gasteiger partial charge in [0.1, 0.15) is 0 Å². The molecule has 2 amide bonds. The number of methoxy groups -OCH3 is 1. The summed E-state index contributed by atoms with van der Waals surface area (Å²) < 4.78 is 16.3. The first kappa shape index (κ1) is 23.4. The summed E-state index contributed by atoms with van der Waals surface area (Å²) in [6.45, 7) is 3.90. The van der Waals surface area contributed by atoms with Gasteiger partial charge >= 0.3 is 0 Å². The summed E-state index contributed by atoms with van der Waals surface area (Å²) >= 11 is 0. The molecule has 3 heterocycles. The number of rotatable bonds is 8. The minimum absolute atomic E-state index is 0.101. The highest BCUT2D eigenvalue weighted by Gasteiger charge is 2.27. The fourth-order valence-electron chi connectivity index (χ4n) is 3.83.